The molecule has 22 heavy (non-hydrogen) atoms. The topological polar surface area (TPSA) is 49.3 Å². The third-order valence-corrected chi connectivity index (χ3v) is 2.71. The van der Waals surface area contributed by atoms with Crippen LogP contribution in [0.3, 0.4) is 0 Å². The van der Waals surface area contributed by atoms with Crippen molar-refractivity contribution in [3.05, 3.63) is 59.9 Å². The van der Waals surface area contributed by atoms with Crippen LogP contribution in [0.25, 0.3) is 0 Å². The summed E-state index contributed by atoms with van der Waals surface area (Å²) in [4.78, 5) is 3.91. The molecular weight excluding hydrogens is 313 g/mol. The summed E-state index contributed by atoms with van der Waals surface area (Å²) >= 11 is 4.96. The Balaban J connectivity index is 1.94. The minimum atomic E-state index is -4.40. The highest BCUT2D eigenvalue weighted by Crippen LogP contribution is 2.30. The van der Waals surface area contributed by atoms with Crippen molar-refractivity contribution in [2.45, 2.75) is 6.18 Å². The molecule has 1 heterocycles. The Morgan fingerprint density at radius 1 is 1.23 bits per heavy atom. The van der Waals surface area contributed by atoms with Crippen LogP contribution in [-0.2, 0) is 6.18 Å². The Bertz CT molecular complexity index is 671. The van der Waals surface area contributed by atoms with Gasteiger partial charge in [0.2, 0.25) is 0 Å². The van der Waals surface area contributed by atoms with E-state index in [0.717, 1.165) is 17.7 Å². The number of nitrogens with one attached hydrogen (secondary N) is 2. The Morgan fingerprint density at radius 2 is 2.05 bits per heavy atom. The molecule has 0 fully saturated rings. The van der Waals surface area contributed by atoms with Crippen LogP contribution in [0, 0.1) is 0 Å². The first-order valence-corrected chi connectivity index (χ1v) is 6.53. The largest absolute Gasteiger partial charge is 0.416 e. The SMILES string of the molecule is FC(F)(F)c1cccc(NC(=S)N/N=C\c2cccnc2)c1. The summed E-state index contributed by atoms with van der Waals surface area (Å²) in [5, 5.41) is 6.58. The Hall–Kier alpha value is -2.48. The molecule has 0 unspecified atom stereocenters. The molecule has 0 radical (unpaired) electrons. The average Bonchev–Trinajstić information content (AvgIpc) is 2.48. The monoisotopic (exact) mass is 324 g/mol. The van der Waals surface area contributed by atoms with E-state index in [1.54, 1.807) is 24.5 Å². The second-order valence-electron chi connectivity index (χ2n) is 4.19. The van der Waals surface area contributed by atoms with Crippen LogP contribution >= 0.6 is 12.2 Å². The fraction of sp³-hybridized carbons (Fsp3) is 0.0714. The number of hydrazone groups is 1. The first-order chi connectivity index (χ1) is 10.4. The molecule has 114 valence electrons. The smallest absolute Gasteiger partial charge is 0.331 e. The van der Waals surface area contributed by atoms with Crippen LogP contribution in [0.1, 0.15) is 11.1 Å². The number of anilines is 1. The minimum Gasteiger partial charge on any atom is -0.331 e. The zero-order valence-corrected chi connectivity index (χ0v) is 11.9. The van der Waals surface area contributed by atoms with Gasteiger partial charge in [-0.25, -0.2) is 0 Å². The molecule has 1 aromatic carbocycles. The number of aromatic nitrogens is 1. The van der Waals surface area contributed by atoms with Gasteiger partial charge in [0.1, 0.15) is 0 Å². The van der Waals surface area contributed by atoms with E-state index in [9.17, 15) is 13.2 Å². The molecule has 0 atom stereocenters. The lowest BCUT2D eigenvalue weighted by atomic mass is 10.2. The highest BCUT2D eigenvalue weighted by atomic mass is 32.1. The van der Waals surface area contributed by atoms with Crippen molar-refractivity contribution in [1.82, 2.24) is 10.4 Å². The Morgan fingerprint density at radius 3 is 2.73 bits per heavy atom. The second kappa shape index (κ2) is 6.99. The zero-order valence-electron chi connectivity index (χ0n) is 11.1. The maximum atomic E-state index is 12.6. The number of alkyl halides is 3. The van der Waals surface area contributed by atoms with Gasteiger partial charge < -0.3 is 5.32 Å². The number of hydrogen-bond acceptors (Lipinski definition) is 3. The lowest BCUT2D eigenvalue weighted by Gasteiger charge is -2.10. The van der Waals surface area contributed by atoms with E-state index in [1.165, 1.54) is 18.3 Å². The Kier molecular flexibility index (Phi) is 5.05. The average molecular weight is 324 g/mol. The standard InChI is InChI=1S/C14H11F3N4S/c15-14(16,17)11-4-1-5-12(7-11)20-13(22)21-19-9-10-3-2-6-18-8-10/h1-9H,(H2,20,21,22)/b19-9-. The second-order valence-corrected chi connectivity index (χ2v) is 4.60. The number of nitrogens with zero attached hydrogens (tertiary/aromatic N) is 2. The van der Waals surface area contributed by atoms with Gasteiger partial charge in [-0.15, -0.1) is 0 Å². The van der Waals surface area contributed by atoms with Crippen molar-refractivity contribution in [3.8, 4) is 0 Å². The van der Waals surface area contributed by atoms with Crippen LogP contribution in [0.5, 0.6) is 0 Å². The molecule has 0 aliphatic carbocycles. The maximum absolute atomic E-state index is 12.6. The van der Waals surface area contributed by atoms with Gasteiger partial charge in [0.05, 0.1) is 11.8 Å². The first-order valence-electron chi connectivity index (χ1n) is 6.12. The lowest BCUT2D eigenvalue weighted by Crippen LogP contribution is -2.24. The summed E-state index contributed by atoms with van der Waals surface area (Å²) in [7, 11) is 0. The van der Waals surface area contributed by atoms with Crippen LogP contribution < -0.4 is 10.7 Å². The summed E-state index contributed by atoms with van der Waals surface area (Å²) in [6.07, 6.45) is 0.331. The van der Waals surface area contributed by atoms with Gasteiger partial charge in [-0.1, -0.05) is 12.1 Å². The van der Waals surface area contributed by atoms with Crippen LogP contribution in [0.15, 0.2) is 53.9 Å². The van der Waals surface area contributed by atoms with Crippen LogP contribution in [0.4, 0.5) is 18.9 Å². The molecule has 0 saturated carbocycles. The zero-order chi connectivity index (χ0) is 16.0. The molecule has 0 bridgehead atoms. The van der Waals surface area contributed by atoms with E-state index in [0.29, 0.717) is 0 Å². The molecule has 0 aliphatic heterocycles. The predicted octanol–water partition coefficient (Wildman–Crippen LogP) is 3.42. The summed E-state index contributed by atoms with van der Waals surface area (Å²) in [5.74, 6) is 0. The van der Waals surface area contributed by atoms with Gasteiger partial charge in [0.15, 0.2) is 5.11 Å². The van der Waals surface area contributed by atoms with Gasteiger partial charge in [0.25, 0.3) is 0 Å². The number of benzene rings is 1. The van der Waals surface area contributed by atoms with Crippen LogP contribution in [0.2, 0.25) is 0 Å². The van der Waals surface area contributed by atoms with Crippen LogP contribution in [-0.4, -0.2) is 16.3 Å². The van der Waals surface area contributed by atoms with E-state index < -0.39 is 11.7 Å². The third-order valence-electron chi connectivity index (χ3n) is 2.51. The van der Waals surface area contributed by atoms with Crippen molar-refractivity contribution in [3.63, 3.8) is 0 Å². The summed E-state index contributed by atoms with van der Waals surface area (Å²) in [6.45, 7) is 0. The fourth-order valence-electron chi connectivity index (χ4n) is 1.55. The summed E-state index contributed by atoms with van der Waals surface area (Å²) < 4.78 is 37.8. The highest BCUT2D eigenvalue weighted by molar-refractivity contribution is 7.80. The highest BCUT2D eigenvalue weighted by Gasteiger charge is 2.30. The van der Waals surface area contributed by atoms with Crippen molar-refractivity contribution in [2.24, 2.45) is 5.10 Å². The van der Waals surface area contributed by atoms with E-state index in [-0.39, 0.29) is 10.8 Å². The first kappa shape index (κ1) is 15.9. The number of halogens is 3. The van der Waals surface area contributed by atoms with Crippen molar-refractivity contribution >= 4 is 29.2 Å². The quantitative estimate of drug-likeness (QED) is 0.516. The molecule has 8 heteroatoms. The van der Waals surface area contributed by atoms with Crippen molar-refractivity contribution in [1.29, 1.82) is 0 Å². The molecule has 2 rings (SSSR count). The summed E-state index contributed by atoms with van der Waals surface area (Å²) in [5.41, 5.74) is 2.75. The van der Waals surface area contributed by atoms with Crippen molar-refractivity contribution in [2.75, 3.05) is 5.32 Å². The normalized spacial score (nSPS) is 11.4. The Labute approximate surface area is 130 Å². The van der Waals surface area contributed by atoms with E-state index >= 15 is 0 Å². The van der Waals surface area contributed by atoms with Gasteiger partial charge >= 0.3 is 6.18 Å². The van der Waals surface area contributed by atoms with Gasteiger partial charge in [-0.2, -0.15) is 18.3 Å². The van der Waals surface area contributed by atoms with Gasteiger partial charge in [-0.05, 0) is 36.5 Å². The molecule has 0 saturated heterocycles. The van der Waals surface area contributed by atoms with Gasteiger partial charge in [-0.3, -0.25) is 10.4 Å². The fourth-order valence-corrected chi connectivity index (χ4v) is 1.72. The molecular formula is C14H11F3N4S. The molecule has 2 N–H and O–H groups in total. The third kappa shape index (κ3) is 4.81. The van der Waals surface area contributed by atoms with E-state index in [1.807, 2.05) is 0 Å². The summed E-state index contributed by atoms with van der Waals surface area (Å²) in [6, 6.07) is 8.28. The minimum absolute atomic E-state index is 0.0828. The molecule has 0 aliphatic rings. The van der Waals surface area contributed by atoms with E-state index in [4.69, 9.17) is 12.2 Å². The number of hydrogen-bond donors (Lipinski definition) is 2. The van der Waals surface area contributed by atoms with Gasteiger partial charge in [0, 0.05) is 23.6 Å². The molecule has 0 spiro atoms. The van der Waals surface area contributed by atoms with E-state index in [2.05, 4.69) is 20.8 Å². The number of rotatable bonds is 3. The predicted molar refractivity (Wildman–Crippen MR) is 82.6 cm³/mol. The molecule has 4 nitrogen and oxygen atoms in total. The number of thiocarbonyl (C=S) groups is 1. The maximum Gasteiger partial charge on any atom is 0.416 e. The molecule has 2 aromatic rings. The van der Waals surface area contributed by atoms with Crippen molar-refractivity contribution < 1.29 is 13.2 Å². The molecule has 1 aromatic heterocycles. The molecule has 0 amide bonds. The number of pyridine rings is 1. The lowest BCUT2D eigenvalue weighted by molar-refractivity contribution is -0.137.